The first-order valence-electron chi connectivity index (χ1n) is 5.00. The van der Waals surface area contributed by atoms with Crippen molar-refractivity contribution in [2.45, 2.75) is 0 Å². The van der Waals surface area contributed by atoms with Gasteiger partial charge in [0.2, 0.25) is 0 Å². The quantitative estimate of drug-likeness (QED) is 0.538. The Bertz CT molecular complexity index is 660. The Balaban J connectivity index is 2.23. The molecule has 0 fully saturated rings. The topological polar surface area (TPSA) is 51.8 Å². The van der Waals surface area contributed by atoms with E-state index in [-0.39, 0.29) is 0 Å². The summed E-state index contributed by atoms with van der Waals surface area (Å²) in [6.45, 7) is 0. The lowest BCUT2D eigenvalue weighted by molar-refractivity contribution is 1.34. The van der Waals surface area contributed by atoms with Crippen LogP contribution in [0, 0.1) is 3.57 Å². The number of hydrogen-bond acceptors (Lipinski definition) is 4. The highest BCUT2D eigenvalue weighted by molar-refractivity contribution is 14.1. The lowest BCUT2D eigenvalue weighted by Crippen LogP contribution is -1.89. The Labute approximate surface area is 116 Å². The smallest absolute Gasteiger partial charge is 0.126 e. The third kappa shape index (κ3) is 2.00. The second kappa shape index (κ2) is 4.23. The molecule has 0 spiro atoms. The summed E-state index contributed by atoms with van der Waals surface area (Å²) in [6.07, 6.45) is 3.56. The summed E-state index contributed by atoms with van der Waals surface area (Å²) >= 11 is 3.92. The van der Waals surface area contributed by atoms with E-state index in [4.69, 9.17) is 5.73 Å². The number of benzene rings is 1. The Kier molecular flexibility index (Phi) is 2.71. The van der Waals surface area contributed by atoms with E-state index < -0.39 is 0 Å². The molecular weight excluding hydrogens is 345 g/mol. The van der Waals surface area contributed by atoms with Crippen molar-refractivity contribution in [3.8, 4) is 10.6 Å². The fourth-order valence-electron chi connectivity index (χ4n) is 1.61. The molecule has 2 N–H and O–H groups in total. The minimum Gasteiger partial charge on any atom is -0.398 e. The monoisotopic (exact) mass is 353 g/mol. The van der Waals surface area contributed by atoms with Crippen LogP contribution < -0.4 is 5.73 Å². The molecule has 0 aliphatic heterocycles. The average molecular weight is 353 g/mol. The summed E-state index contributed by atoms with van der Waals surface area (Å²) in [7, 11) is 0. The molecule has 0 bridgehead atoms. The van der Waals surface area contributed by atoms with Crippen LogP contribution in [0.1, 0.15) is 0 Å². The molecule has 84 valence electrons. The van der Waals surface area contributed by atoms with Crippen LogP contribution in [0.15, 0.2) is 36.7 Å². The molecule has 0 amide bonds. The first-order chi connectivity index (χ1) is 8.24. The first-order valence-corrected chi connectivity index (χ1v) is 6.89. The number of pyridine rings is 1. The van der Waals surface area contributed by atoms with Gasteiger partial charge in [-0.25, -0.2) is 4.98 Å². The largest absolute Gasteiger partial charge is 0.398 e. The van der Waals surface area contributed by atoms with Crippen molar-refractivity contribution in [2.24, 2.45) is 0 Å². The van der Waals surface area contributed by atoms with Gasteiger partial charge in [0.25, 0.3) is 0 Å². The van der Waals surface area contributed by atoms with Gasteiger partial charge in [0.05, 0.1) is 10.9 Å². The molecule has 3 nitrogen and oxygen atoms in total. The number of anilines is 1. The van der Waals surface area contributed by atoms with E-state index in [1.54, 1.807) is 23.7 Å². The highest BCUT2D eigenvalue weighted by atomic mass is 127. The van der Waals surface area contributed by atoms with Crippen LogP contribution in [0.4, 0.5) is 5.69 Å². The maximum absolute atomic E-state index is 5.99. The summed E-state index contributed by atoms with van der Waals surface area (Å²) in [5.74, 6) is 0. The van der Waals surface area contributed by atoms with E-state index in [9.17, 15) is 0 Å². The number of nitrogen functional groups attached to an aromatic ring is 1. The fourth-order valence-corrected chi connectivity index (χ4v) is 3.07. The van der Waals surface area contributed by atoms with Crippen molar-refractivity contribution in [2.75, 3.05) is 5.73 Å². The third-order valence-corrected chi connectivity index (χ3v) is 4.18. The van der Waals surface area contributed by atoms with Gasteiger partial charge in [-0.3, -0.25) is 4.98 Å². The highest BCUT2D eigenvalue weighted by Crippen LogP contribution is 2.33. The van der Waals surface area contributed by atoms with Gasteiger partial charge in [-0.1, -0.05) is 0 Å². The van der Waals surface area contributed by atoms with Crippen molar-refractivity contribution < 1.29 is 0 Å². The van der Waals surface area contributed by atoms with Crippen molar-refractivity contribution in [1.29, 1.82) is 0 Å². The van der Waals surface area contributed by atoms with Crippen LogP contribution >= 0.6 is 33.9 Å². The number of nitrogens with zero attached hydrogens (tertiary/aromatic N) is 2. The summed E-state index contributed by atoms with van der Waals surface area (Å²) in [6, 6.07) is 7.94. The standard InChI is InChI=1S/C12H8IN3S/c13-7-1-2-9(14)8(5-7)12-16-10-6-15-4-3-11(10)17-12/h1-6H,14H2. The Morgan fingerprint density at radius 3 is 2.94 bits per heavy atom. The zero-order valence-corrected chi connectivity index (χ0v) is 11.7. The molecule has 0 radical (unpaired) electrons. The minimum absolute atomic E-state index is 0.762. The van der Waals surface area contributed by atoms with Crippen LogP contribution in [0.25, 0.3) is 20.8 Å². The van der Waals surface area contributed by atoms with Crippen LogP contribution in [-0.2, 0) is 0 Å². The van der Waals surface area contributed by atoms with Crippen LogP contribution in [0.3, 0.4) is 0 Å². The maximum atomic E-state index is 5.99. The van der Waals surface area contributed by atoms with Crippen molar-refractivity contribution in [3.63, 3.8) is 0 Å². The van der Waals surface area contributed by atoms with Crippen molar-refractivity contribution >= 4 is 49.8 Å². The Morgan fingerprint density at radius 2 is 2.12 bits per heavy atom. The number of halogens is 1. The molecular formula is C12H8IN3S. The highest BCUT2D eigenvalue weighted by Gasteiger charge is 2.09. The third-order valence-electron chi connectivity index (χ3n) is 2.44. The van der Waals surface area contributed by atoms with Crippen LogP contribution in [0.2, 0.25) is 0 Å². The SMILES string of the molecule is Nc1ccc(I)cc1-c1nc2cnccc2s1. The molecule has 0 aliphatic carbocycles. The fraction of sp³-hybridized carbons (Fsp3) is 0. The molecule has 0 saturated heterocycles. The van der Waals surface area contributed by atoms with Gasteiger partial charge < -0.3 is 5.73 Å². The number of rotatable bonds is 1. The van der Waals surface area contributed by atoms with Gasteiger partial charge in [-0.05, 0) is 46.9 Å². The molecule has 2 aromatic heterocycles. The van der Waals surface area contributed by atoms with Gasteiger partial charge in [0.15, 0.2) is 0 Å². The molecule has 0 saturated carbocycles. The first kappa shape index (κ1) is 10.9. The zero-order chi connectivity index (χ0) is 11.8. The number of hydrogen-bond donors (Lipinski definition) is 1. The Hall–Kier alpha value is -1.21. The molecule has 17 heavy (non-hydrogen) atoms. The van der Waals surface area contributed by atoms with Gasteiger partial charge in [-0.2, -0.15) is 0 Å². The van der Waals surface area contributed by atoms with E-state index >= 15 is 0 Å². The molecule has 0 unspecified atom stereocenters. The lowest BCUT2D eigenvalue weighted by Gasteiger charge is -2.01. The van der Waals surface area contributed by atoms with E-state index in [2.05, 4.69) is 38.6 Å². The number of aromatic nitrogens is 2. The summed E-state index contributed by atoms with van der Waals surface area (Å²) in [4.78, 5) is 8.63. The van der Waals surface area contributed by atoms with Gasteiger partial charge in [0, 0.05) is 21.0 Å². The van der Waals surface area contributed by atoms with Gasteiger partial charge in [-0.15, -0.1) is 11.3 Å². The summed E-state index contributed by atoms with van der Waals surface area (Å²) in [5, 5.41) is 0.948. The van der Waals surface area contributed by atoms with Crippen LogP contribution in [0.5, 0.6) is 0 Å². The summed E-state index contributed by atoms with van der Waals surface area (Å²) < 4.78 is 2.29. The predicted molar refractivity (Wildman–Crippen MR) is 80.0 cm³/mol. The molecule has 0 aliphatic rings. The van der Waals surface area contributed by atoms with Gasteiger partial charge >= 0.3 is 0 Å². The van der Waals surface area contributed by atoms with E-state index in [0.717, 1.165) is 30.0 Å². The van der Waals surface area contributed by atoms with Crippen LogP contribution in [-0.4, -0.2) is 9.97 Å². The second-order valence-corrected chi connectivity index (χ2v) is 5.87. The number of nitrogens with two attached hydrogens (primary N) is 1. The number of thiazole rings is 1. The average Bonchev–Trinajstić information content (AvgIpc) is 2.75. The maximum Gasteiger partial charge on any atom is 0.126 e. The van der Waals surface area contributed by atoms with Crippen molar-refractivity contribution in [1.82, 2.24) is 9.97 Å². The van der Waals surface area contributed by atoms with E-state index in [0.29, 0.717) is 0 Å². The molecule has 0 atom stereocenters. The lowest BCUT2D eigenvalue weighted by atomic mass is 10.2. The molecule has 2 heterocycles. The second-order valence-electron chi connectivity index (χ2n) is 3.59. The van der Waals surface area contributed by atoms with E-state index in [1.165, 1.54) is 0 Å². The normalized spacial score (nSPS) is 10.9. The summed E-state index contributed by atoms with van der Waals surface area (Å²) in [5.41, 5.74) is 8.67. The van der Waals surface area contributed by atoms with Gasteiger partial charge in [0.1, 0.15) is 10.5 Å². The minimum atomic E-state index is 0.762. The predicted octanol–water partition coefficient (Wildman–Crippen LogP) is 3.55. The molecule has 1 aromatic carbocycles. The number of fused-ring (bicyclic) bond motifs is 1. The zero-order valence-electron chi connectivity index (χ0n) is 8.72. The molecule has 3 rings (SSSR count). The Morgan fingerprint density at radius 1 is 1.24 bits per heavy atom. The molecule has 5 heteroatoms. The van der Waals surface area contributed by atoms with E-state index in [1.807, 2.05) is 18.2 Å². The molecule has 3 aromatic rings. The van der Waals surface area contributed by atoms with Crippen molar-refractivity contribution in [3.05, 3.63) is 40.2 Å².